The number of carboxylic acid groups (broad SMARTS) is 1. The minimum atomic E-state index is -3.65. The molecule has 1 aromatic carbocycles. The van der Waals surface area contributed by atoms with Crippen molar-refractivity contribution >= 4 is 16.0 Å². The molecule has 0 saturated carbocycles. The van der Waals surface area contributed by atoms with Crippen LogP contribution in [0.5, 0.6) is 5.75 Å². The molecule has 8 heteroatoms. The zero-order valence-electron chi connectivity index (χ0n) is 13.8. The average molecular weight is 345 g/mol. The van der Waals surface area contributed by atoms with E-state index in [1.165, 1.54) is 18.5 Å². The lowest BCUT2D eigenvalue weighted by molar-refractivity contribution is -0.138. The number of hydrogen-bond acceptors (Lipinski definition) is 5. The molecule has 0 aliphatic carbocycles. The third-order valence-corrected chi connectivity index (χ3v) is 5.51. The summed E-state index contributed by atoms with van der Waals surface area (Å²) in [6.07, 6.45) is -0.104. The van der Waals surface area contributed by atoms with Crippen LogP contribution in [0.2, 0.25) is 0 Å². The second-order valence-corrected chi connectivity index (χ2v) is 7.15. The molecule has 0 aliphatic rings. The number of nitrogens with zero attached hydrogens (tertiary/aromatic N) is 1. The molecule has 130 valence electrons. The average Bonchev–Trinajstić information content (AvgIpc) is 2.45. The highest BCUT2D eigenvalue weighted by Crippen LogP contribution is 2.27. The lowest BCUT2D eigenvalue weighted by atomic mass is 10.1. The zero-order valence-corrected chi connectivity index (χ0v) is 14.6. The van der Waals surface area contributed by atoms with E-state index < -0.39 is 16.0 Å². The van der Waals surface area contributed by atoms with Gasteiger partial charge >= 0.3 is 5.97 Å². The lowest BCUT2D eigenvalue weighted by Gasteiger charge is -2.20. The first kappa shape index (κ1) is 19.4. The van der Waals surface area contributed by atoms with Gasteiger partial charge in [-0.15, -0.1) is 0 Å². The van der Waals surface area contributed by atoms with Gasteiger partial charge in [0, 0.05) is 13.6 Å². The number of carboxylic acids is 1. The maximum atomic E-state index is 12.7. The number of ether oxygens (including phenoxy) is 2. The molecular formula is C15H23NO6S. The van der Waals surface area contributed by atoms with Crippen LogP contribution in [0.15, 0.2) is 17.0 Å². The number of benzene rings is 1. The number of aliphatic carboxylic acids is 1. The summed E-state index contributed by atoms with van der Waals surface area (Å²) in [6.45, 7) is 3.78. The summed E-state index contributed by atoms with van der Waals surface area (Å²) >= 11 is 0. The second kappa shape index (κ2) is 8.28. The molecule has 1 N–H and O–H groups in total. The molecule has 0 fully saturated rings. The highest BCUT2D eigenvalue weighted by molar-refractivity contribution is 7.89. The zero-order chi connectivity index (χ0) is 17.6. The van der Waals surface area contributed by atoms with Gasteiger partial charge in [0.15, 0.2) is 0 Å². The van der Waals surface area contributed by atoms with E-state index in [2.05, 4.69) is 0 Å². The third kappa shape index (κ3) is 5.19. The fourth-order valence-corrected chi connectivity index (χ4v) is 3.72. The number of methoxy groups -OCH3 is 1. The molecule has 0 spiro atoms. The predicted molar refractivity (Wildman–Crippen MR) is 85.4 cm³/mol. The van der Waals surface area contributed by atoms with E-state index in [-0.39, 0.29) is 31.1 Å². The van der Waals surface area contributed by atoms with Gasteiger partial charge in [0.25, 0.3) is 0 Å². The van der Waals surface area contributed by atoms with E-state index in [1.807, 2.05) is 0 Å². The molecule has 1 aromatic rings. The summed E-state index contributed by atoms with van der Waals surface area (Å²) < 4.78 is 36.8. The van der Waals surface area contributed by atoms with Crippen molar-refractivity contribution < 1.29 is 27.8 Å². The van der Waals surface area contributed by atoms with Crippen LogP contribution in [0.3, 0.4) is 0 Å². The third-order valence-electron chi connectivity index (χ3n) is 3.35. The summed E-state index contributed by atoms with van der Waals surface area (Å²) in [5, 5.41) is 8.51. The molecule has 0 aromatic heterocycles. The van der Waals surface area contributed by atoms with Gasteiger partial charge < -0.3 is 14.6 Å². The molecule has 0 saturated heterocycles. The number of aryl methyl sites for hydroxylation is 2. The molecule has 0 heterocycles. The number of carbonyl (C=O) groups is 1. The molecule has 0 radical (unpaired) electrons. The first-order chi connectivity index (χ1) is 10.7. The molecule has 0 amide bonds. The van der Waals surface area contributed by atoms with E-state index in [1.54, 1.807) is 26.0 Å². The van der Waals surface area contributed by atoms with Crippen LogP contribution in [0.4, 0.5) is 0 Å². The maximum Gasteiger partial charge on any atom is 0.305 e. The van der Waals surface area contributed by atoms with Gasteiger partial charge in [-0.1, -0.05) is 0 Å². The fourth-order valence-electron chi connectivity index (χ4n) is 2.17. The van der Waals surface area contributed by atoms with Crippen molar-refractivity contribution in [1.29, 1.82) is 0 Å². The van der Waals surface area contributed by atoms with Crippen LogP contribution in [-0.2, 0) is 19.6 Å². The van der Waals surface area contributed by atoms with Crippen molar-refractivity contribution in [2.45, 2.75) is 25.2 Å². The second-order valence-electron chi connectivity index (χ2n) is 5.17. The SMILES string of the molecule is COc1cc(C)c(S(=O)(=O)N(C)CCOCCC(=O)O)c(C)c1. The topological polar surface area (TPSA) is 93.1 Å². The minimum absolute atomic E-state index is 0.0593. The van der Waals surface area contributed by atoms with Crippen LogP contribution in [0, 0.1) is 13.8 Å². The van der Waals surface area contributed by atoms with Gasteiger partial charge in [-0.05, 0) is 37.1 Å². The lowest BCUT2D eigenvalue weighted by Crippen LogP contribution is -2.31. The van der Waals surface area contributed by atoms with Gasteiger partial charge in [-0.2, -0.15) is 4.31 Å². The summed E-state index contributed by atoms with van der Waals surface area (Å²) in [7, 11) is -0.645. The number of sulfonamides is 1. The van der Waals surface area contributed by atoms with Crippen molar-refractivity contribution in [1.82, 2.24) is 4.31 Å². The van der Waals surface area contributed by atoms with Crippen LogP contribution < -0.4 is 4.74 Å². The molecular weight excluding hydrogens is 322 g/mol. The molecule has 0 unspecified atom stereocenters. The standard InChI is InChI=1S/C15H23NO6S/c1-11-9-13(21-4)10-12(2)15(11)23(19,20)16(3)6-8-22-7-5-14(17)18/h9-10H,5-8H2,1-4H3,(H,17,18). The Morgan fingerprint density at radius 1 is 1.22 bits per heavy atom. The highest BCUT2D eigenvalue weighted by atomic mass is 32.2. The van der Waals surface area contributed by atoms with E-state index in [9.17, 15) is 13.2 Å². The molecule has 7 nitrogen and oxygen atoms in total. The van der Waals surface area contributed by atoms with Gasteiger partial charge in [0.1, 0.15) is 5.75 Å². The number of likely N-dealkylation sites (N-methyl/N-ethyl adjacent to an activating group) is 1. The molecule has 1 rings (SSSR count). The minimum Gasteiger partial charge on any atom is -0.497 e. The highest BCUT2D eigenvalue weighted by Gasteiger charge is 2.25. The Balaban J connectivity index is 2.80. The molecule has 23 heavy (non-hydrogen) atoms. The van der Waals surface area contributed by atoms with Gasteiger partial charge in [0.05, 0.1) is 31.6 Å². The van der Waals surface area contributed by atoms with Crippen molar-refractivity contribution in [2.24, 2.45) is 0 Å². The van der Waals surface area contributed by atoms with E-state index in [0.717, 1.165) is 0 Å². The molecule has 0 aliphatic heterocycles. The molecule has 0 atom stereocenters. The van der Waals surface area contributed by atoms with Crippen molar-refractivity contribution in [2.75, 3.05) is 33.9 Å². The quantitative estimate of drug-likeness (QED) is 0.681. The Morgan fingerprint density at radius 2 is 1.78 bits per heavy atom. The monoisotopic (exact) mass is 345 g/mol. The van der Waals surface area contributed by atoms with Crippen LogP contribution in [-0.4, -0.2) is 57.7 Å². The summed E-state index contributed by atoms with van der Waals surface area (Å²) in [5.74, 6) is -0.339. The largest absolute Gasteiger partial charge is 0.497 e. The Morgan fingerprint density at radius 3 is 2.26 bits per heavy atom. The van der Waals surface area contributed by atoms with Crippen molar-refractivity contribution in [3.05, 3.63) is 23.3 Å². The Labute approximate surface area is 136 Å². The van der Waals surface area contributed by atoms with E-state index >= 15 is 0 Å². The number of hydrogen-bond donors (Lipinski definition) is 1. The summed E-state index contributed by atoms with van der Waals surface area (Å²) in [6, 6.07) is 3.36. The first-order valence-electron chi connectivity index (χ1n) is 7.11. The Bertz CT molecular complexity index is 633. The van der Waals surface area contributed by atoms with Crippen LogP contribution in [0.1, 0.15) is 17.5 Å². The van der Waals surface area contributed by atoms with E-state index in [0.29, 0.717) is 16.9 Å². The van der Waals surface area contributed by atoms with E-state index in [4.69, 9.17) is 14.6 Å². The van der Waals surface area contributed by atoms with Crippen molar-refractivity contribution in [3.63, 3.8) is 0 Å². The molecule has 0 bridgehead atoms. The van der Waals surface area contributed by atoms with Gasteiger partial charge in [-0.25, -0.2) is 8.42 Å². The normalized spacial score (nSPS) is 11.7. The number of rotatable bonds is 9. The van der Waals surface area contributed by atoms with Crippen molar-refractivity contribution in [3.8, 4) is 5.75 Å². The summed E-state index contributed by atoms with van der Waals surface area (Å²) in [5.41, 5.74) is 1.22. The Kier molecular flexibility index (Phi) is 6.99. The Hall–Kier alpha value is -1.64. The summed E-state index contributed by atoms with van der Waals surface area (Å²) in [4.78, 5) is 10.6. The fraction of sp³-hybridized carbons (Fsp3) is 0.533. The van der Waals surface area contributed by atoms with Gasteiger partial charge in [0.2, 0.25) is 10.0 Å². The smallest absolute Gasteiger partial charge is 0.305 e. The predicted octanol–water partition coefficient (Wildman–Crippen LogP) is 1.42. The van der Waals surface area contributed by atoms with Crippen LogP contribution >= 0.6 is 0 Å². The maximum absolute atomic E-state index is 12.7. The van der Waals surface area contributed by atoms with Crippen LogP contribution in [0.25, 0.3) is 0 Å². The first-order valence-corrected chi connectivity index (χ1v) is 8.55. The van der Waals surface area contributed by atoms with Gasteiger partial charge in [-0.3, -0.25) is 4.79 Å².